The summed E-state index contributed by atoms with van der Waals surface area (Å²) in [5, 5.41) is 9.37. The Balaban J connectivity index is 2.00. The van der Waals surface area contributed by atoms with E-state index >= 15 is 0 Å². The van der Waals surface area contributed by atoms with Crippen molar-refractivity contribution in [3.8, 4) is 0 Å². The van der Waals surface area contributed by atoms with Crippen LogP contribution in [-0.2, 0) is 14.4 Å². The Morgan fingerprint density at radius 1 is 1.43 bits per heavy atom. The van der Waals surface area contributed by atoms with Crippen LogP contribution in [0.4, 0.5) is 0 Å². The zero-order valence-electron chi connectivity index (χ0n) is 11.5. The molecule has 0 saturated carbocycles. The van der Waals surface area contributed by atoms with Gasteiger partial charge < -0.3 is 5.11 Å². The van der Waals surface area contributed by atoms with Gasteiger partial charge in [-0.3, -0.25) is 19.3 Å². The molecule has 1 aromatic rings. The zero-order chi connectivity index (χ0) is 16.7. The van der Waals surface area contributed by atoms with Crippen LogP contribution in [-0.4, -0.2) is 43.9 Å². The largest absolute Gasteiger partial charge is 0.481 e. The summed E-state index contributed by atoms with van der Waals surface area (Å²) in [4.78, 5) is 40.5. The van der Waals surface area contributed by atoms with Gasteiger partial charge in [0.15, 0.2) is 0 Å². The summed E-state index contributed by atoms with van der Waals surface area (Å²) in [6.07, 6.45) is -0.213. The lowest BCUT2D eigenvalue weighted by Crippen LogP contribution is -2.36. The summed E-state index contributed by atoms with van der Waals surface area (Å²) >= 11 is 12.2. The van der Waals surface area contributed by atoms with Crippen molar-refractivity contribution < 1.29 is 19.5 Å². The predicted octanol–water partition coefficient (Wildman–Crippen LogP) is 0.354. The maximum atomic E-state index is 12.5. The van der Waals surface area contributed by atoms with Crippen molar-refractivity contribution in [2.75, 3.05) is 6.54 Å². The third-order valence-corrected chi connectivity index (χ3v) is 5.28. The number of hydrogen-bond donors (Lipinski definition) is 1. The van der Waals surface area contributed by atoms with Crippen LogP contribution in [0.5, 0.6) is 0 Å². The number of carbonyl (C=O) groups excluding carboxylic acids is 2. The number of thioether (sulfide) groups is 1. The number of rotatable bonds is 4. The number of nitrogens with zero attached hydrogens (tertiary/aromatic N) is 2. The molecule has 118 valence electrons. The lowest BCUT2D eigenvalue weighted by molar-refractivity contribution is -0.137. The Morgan fingerprint density at radius 2 is 2.17 bits per heavy atom. The van der Waals surface area contributed by atoms with E-state index in [1.807, 2.05) is 0 Å². The smallest absolute Gasteiger partial charge is 0.305 e. The lowest BCUT2D eigenvalue weighted by Gasteiger charge is -2.13. The van der Waals surface area contributed by atoms with E-state index in [-0.39, 0.29) is 22.9 Å². The topological polar surface area (TPSA) is 87.0 Å². The van der Waals surface area contributed by atoms with Crippen LogP contribution in [0.1, 0.15) is 6.42 Å². The van der Waals surface area contributed by atoms with E-state index in [9.17, 15) is 14.4 Å². The maximum absolute atomic E-state index is 12.5. The van der Waals surface area contributed by atoms with E-state index in [0.29, 0.717) is 15.6 Å². The van der Waals surface area contributed by atoms with Gasteiger partial charge in [-0.25, -0.2) is 4.99 Å². The predicted molar refractivity (Wildman–Crippen MR) is 88.6 cm³/mol. The highest BCUT2D eigenvalue weighted by Crippen LogP contribution is 2.33. The van der Waals surface area contributed by atoms with Gasteiger partial charge in [-0.1, -0.05) is 35.6 Å². The van der Waals surface area contributed by atoms with Crippen LogP contribution in [0, 0.1) is 0 Å². The van der Waals surface area contributed by atoms with Gasteiger partial charge in [0.05, 0.1) is 17.4 Å². The first-order valence-corrected chi connectivity index (χ1v) is 8.21. The molecule has 1 atom stereocenters. The first-order chi connectivity index (χ1) is 10.9. The molecule has 2 amide bonds. The molecule has 0 bridgehead atoms. The van der Waals surface area contributed by atoms with E-state index in [1.165, 1.54) is 4.90 Å². The highest BCUT2D eigenvalue weighted by molar-refractivity contribution is 8.24. The molecular weight excluding hydrogens is 360 g/mol. The van der Waals surface area contributed by atoms with Gasteiger partial charge in [-0.2, -0.15) is 0 Å². The van der Waals surface area contributed by atoms with E-state index in [2.05, 4.69) is 4.99 Å². The molecule has 6 nitrogen and oxygen atoms in total. The highest BCUT2D eigenvalue weighted by atomic mass is 35.5. The fourth-order valence-corrected chi connectivity index (χ4v) is 4.12. The number of aliphatic carboxylic acids is 1. The van der Waals surface area contributed by atoms with E-state index in [4.69, 9.17) is 28.9 Å². The van der Waals surface area contributed by atoms with E-state index < -0.39 is 23.0 Å². The molecule has 3 rings (SSSR count). The molecule has 0 radical (unpaired) electrons. The molecule has 0 aromatic heterocycles. The van der Waals surface area contributed by atoms with Crippen molar-refractivity contribution in [1.82, 2.24) is 4.90 Å². The summed E-state index contributed by atoms with van der Waals surface area (Å²) < 4.78 is 0.261. The third kappa shape index (κ3) is 2.89. The highest BCUT2D eigenvalue weighted by Gasteiger charge is 2.42. The van der Waals surface area contributed by atoms with E-state index in [1.54, 1.807) is 18.2 Å². The quantitative estimate of drug-likeness (QED) is 0.772. The number of carboxylic acids is 1. The normalized spacial score (nSPS) is 20.0. The van der Waals surface area contributed by atoms with Crippen LogP contribution < -0.4 is 10.6 Å². The Labute approximate surface area is 144 Å². The SMILES string of the molecule is O=C(O)CCN1C(=O)C(C2=c3cc(Cl)ccc3=NC2=O)SC1=S. The molecule has 9 heteroatoms. The molecule has 1 unspecified atom stereocenters. The van der Waals surface area contributed by atoms with Crippen molar-refractivity contribution in [2.45, 2.75) is 11.7 Å². The standard InChI is InChI=1S/C14H9ClN2O4S2/c15-6-1-2-8-7(5-6)10(12(20)16-8)11-13(21)17(14(22)23-11)4-3-9(18)19/h1-2,5,11H,3-4H2,(H,18,19). The second-order valence-electron chi connectivity index (χ2n) is 4.89. The van der Waals surface area contributed by atoms with Crippen LogP contribution in [0.3, 0.4) is 0 Å². The van der Waals surface area contributed by atoms with Crippen LogP contribution >= 0.6 is 35.6 Å². The number of carbonyl (C=O) groups is 3. The third-order valence-electron chi connectivity index (χ3n) is 3.44. The fourth-order valence-electron chi connectivity index (χ4n) is 2.40. The first kappa shape index (κ1) is 16.1. The first-order valence-electron chi connectivity index (χ1n) is 6.55. The summed E-state index contributed by atoms with van der Waals surface area (Å²) in [7, 11) is 0. The molecule has 2 aliphatic heterocycles. The minimum Gasteiger partial charge on any atom is -0.481 e. The van der Waals surface area contributed by atoms with Crippen molar-refractivity contribution >= 4 is 63.3 Å². The maximum Gasteiger partial charge on any atom is 0.305 e. The van der Waals surface area contributed by atoms with E-state index in [0.717, 1.165) is 11.8 Å². The molecule has 2 aliphatic rings. The van der Waals surface area contributed by atoms with Gasteiger partial charge in [-0.05, 0) is 18.2 Å². The fraction of sp³-hybridized carbons (Fsp3) is 0.214. The Hall–Kier alpha value is -1.77. The van der Waals surface area contributed by atoms with Gasteiger partial charge >= 0.3 is 5.97 Å². The van der Waals surface area contributed by atoms with Gasteiger partial charge in [-0.15, -0.1) is 0 Å². The number of hydrogen-bond acceptors (Lipinski definition) is 5. The van der Waals surface area contributed by atoms with Crippen molar-refractivity contribution in [1.29, 1.82) is 0 Å². The Kier molecular flexibility index (Phi) is 4.22. The zero-order valence-corrected chi connectivity index (χ0v) is 13.9. The average Bonchev–Trinajstić information content (AvgIpc) is 2.93. The number of carboxylic acid groups (broad SMARTS) is 1. The molecule has 1 N–H and O–H groups in total. The van der Waals surface area contributed by atoms with Gasteiger partial charge in [0.2, 0.25) is 5.91 Å². The average molecular weight is 369 g/mol. The second kappa shape index (κ2) is 6.03. The Morgan fingerprint density at radius 3 is 2.87 bits per heavy atom. The number of fused-ring (bicyclic) bond motifs is 1. The molecular formula is C14H9ClN2O4S2. The Bertz CT molecular complexity index is 883. The van der Waals surface area contributed by atoms with Gasteiger partial charge in [0.1, 0.15) is 9.57 Å². The van der Waals surface area contributed by atoms with Crippen molar-refractivity contribution in [3.05, 3.63) is 33.8 Å². The molecule has 1 fully saturated rings. The van der Waals surface area contributed by atoms with Gasteiger partial charge in [0.25, 0.3) is 5.91 Å². The summed E-state index contributed by atoms with van der Waals surface area (Å²) in [5.74, 6) is -1.91. The number of halogens is 1. The van der Waals surface area contributed by atoms with Gasteiger partial charge in [0, 0.05) is 16.8 Å². The summed E-state index contributed by atoms with van der Waals surface area (Å²) in [6, 6.07) is 4.83. The number of amides is 2. The molecule has 1 aromatic carbocycles. The molecule has 0 aliphatic carbocycles. The summed E-state index contributed by atoms with van der Waals surface area (Å²) in [6.45, 7) is -0.0164. The lowest BCUT2D eigenvalue weighted by atomic mass is 10.1. The van der Waals surface area contributed by atoms with Crippen molar-refractivity contribution in [2.24, 2.45) is 4.99 Å². The van der Waals surface area contributed by atoms with Crippen molar-refractivity contribution in [3.63, 3.8) is 0 Å². The van der Waals surface area contributed by atoms with Crippen LogP contribution in [0.25, 0.3) is 5.57 Å². The summed E-state index contributed by atoms with van der Waals surface area (Å²) in [5.41, 5.74) is 0.248. The number of thiocarbonyl (C=S) groups is 1. The van der Waals surface area contributed by atoms with Crippen LogP contribution in [0.15, 0.2) is 23.2 Å². The monoisotopic (exact) mass is 368 g/mol. The molecule has 0 spiro atoms. The molecule has 2 heterocycles. The molecule has 1 saturated heterocycles. The minimum absolute atomic E-state index is 0.0164. The molecule has 23 heavy (non-hydrogen) atoms. The number of benzene rings is 1. The second-order valence-corrected chi connectivity index (χ2v) is 7.06. The van der Waals surface area contributed by atoms with Crippen LogP contribution in [0.2, 0.25) is 5.02 Å². The minimum atomic E-state index is -1.02.